The first-order valence-corrected chi connectivity index (χ1v) is 11.0. The van der Waals surface area contributed by atoms with Gasteiger partial charge in [0.05, 0.1) is 24.8 Å². The van der Waals surface area contributed by atoms with Crippen molar-refractivity contribution in [3.63, 3.8) is 0 Å². The lowest BCUT2D eigenvalue weighted by Crippen LogP contribution is -2.19. The Kier molecular flexibility index (Phi) is 6.57. The van der Waals surface area contributed by atoms with Crippen LogP contribution < -0.4 is 0 Å². The Balaban J connectivity index is 1.60. The average molecular weight is 439 g/mol. The van der Waals surface area contributed by atoms with Crippen LogP contribution in [0, 0.1) is 6.92 Å². The van der Waals surface area contributed by atoms with Crippen molar-refractivity contribution >= 4 is 23.4 Å². The summed E-state index contributed by atoms with van der Waals surface area (Å²) in [7, 11) is 2.06. The molecule has 2 heterocycles. The van der Waals surface area contributed by atoms with Gasteiger partial charge in [-0.25, -0.2) is 0 Å². The predicted molar refractivity (Wildman–Crippen MR) is 121 cm³/mol. The van der Waals surface area contributed by atoms with Crippen LogP contribution in [-0.4, -0.2) is 26.7 Å². The highest BCUT2D eigenvalue weighted by atomic mass is 35.5. The van der Waals surface area contributed by atoms with Crippen molar-refractivity contribution in [2.45, 2.75) is 30.9 Å². The molecule has 0 aliphatic carbocycles. The van der Waals surface area contributed by atoms with E-state index in [1.165, 1.54) is 11.1 Å². The fourth-order valence-corrected chi connectivity index (χ4v) is 4.51. The summed E-state index contributed by atoms with van der Waals surface area (Å²) in [5, 5.41) is 10.6. The van der Waals surface area contributed by atoms with Crippen LogP contribution in [0.1, 0.15) is 22.5 Å². The van der Waals surface area contributed by atoms with Gasteiger partial charge in [-0.05, 0) is 49.4 Å². The second-order valence-electron chi connectivity index (χ2n) is 7.23. The number of hydrogen-bond acceptors (Lipinski definition) is 5. The molecule has 2 aromatic carbocycles. The molecule has 0 N–H and O–H groups in total. The molecule has 0 atom stereocenters. The molecule has 7 heteroatoms. The zero-order valence-corrected chi connectivity index (χ0v) is 18.5. The highest BCUT2D eigenvalue weighted by molar-refractivity contribution is 7.98. The Labute approximate surface area is 185 Å². The molecule has 2 aromatic heterocycles. The van der Waals surface area contributed by atoms with E-state index < -0.39 is 0 Å². The third kappa shape index (κ3) is 4.95. The van der Waals surface area contributed by atoms with E-state index in [-0.39, 0.29) is 0 Å². The van der Waals surface area contributed by atoms with Crippen LogP contribution in [0.25, 0.3) is 5.69 Å². The van der Waals surface area contributed by atoms with Crippen molar-refractivity contribution in [2.24, 2.45) is 0 Å². The Hall–Kier alpha value is -2.54. The standard InChI is InChI=1S/C23H23ClN4OS/c1-17-6-3-4-7-19(17)16-30-23-26-25-22(14-27(2)13-18-10-11-29-15-18)28(23)21-9-5-8-20(24)12-21/h3-12,15H,13-14,16H2,1-2H3. The molecule has 0 unspecified atom stereocenters. The second kappa shape index (κ2) is 9.51. The van der Waals surface area contributed by atoms with Gasteiger partial charge >= 0.3 is 0 Å². The number of hydrogen-bond donors (Lipinski definition) is 0. The van der Waals surface area contributed by atoms with Crippen molar-refractivity contribution in [3.8, 4) is 5.69 Å². The Morgan fingerprint density at radius 2 is 1.93 bits per heavy atom. The van der Waals surface area contributed by atoms with Gasteiger partial charge in [0.15, 0.2) is 11.0 Å². The SMILES string of the molecule is Cc1ccccc1CSc1nnc(CN(C)Cc2ccoc2)n1-c1cccc(Cl)c1. The molecule has 0 aliphatic heterocycles. The minimum atomic E-state index is 0.648. The molecule has 0 amide bonds. The second-order valence-corrected chi connectivity index (χ2v) is 8.61. The molecule has 0 bridgehead atoms. The largest absolute Gasteiger partial charge is 0.472 e. The molecule has 0 saturated heterocycles. The van der Waals surface area contributed by atoms with Crippen molar-refractivity contribution in [1.29, 1.82) is 0 Å². The number of furan rings is 1. The maximum Gasteiger partial charge on any atom is 0.196 e. The topological polar surface area (TPSA) is 47.1 Å². The van der Waals surface area contributed by atoms with Crippen LogP contribution in [0.4, 0.5) is 0 Å². The molecule has 0 aliphatic rings. The van der Waals surface area contributed by atoms with Gasteiger partial charge in [-0.1, -0.05) is 53.7 Å². The molecule has 30 heavy (non-hydrogen) atoms. The van der Waals surface area contributed by atoms with Crippen molar-refractivity contribution in [1.82, 2.24) is 19.7 Å². The lowest BCUT2D eigenvalue weighted by molar-refractivity contribution is 0.307. The number of benzene rings is 2. The number of thioether (sulfide) groups is 1. The highest BCUT2D eigenvalue weighted by Crippen LogP contribution is 2.28. The maximum absolute atomic E-state index is 6.28. The summed E-state index contributed by atoms with van der Waals surface area (Å²) in [5.41, 5.74) is 4.66. The molecule has 154 valence electrons. The van der Waals surface area contributed by atoms with E-state index >= 15 is 0 Å². The molecular weight excluding hydrogens is 416 g/mol. The lowest BCUT2D eigenvalue weighted by Gasteiger charge is -2.17. The van der Waals surface area contributed by atoms with Crippen LogP contribution in [0.5, 0.6) is 0 Å². The van der Waals surface area contributed by atoms with Gasteiger partial charge in [0, 0.05) is 22.9 Å². The summed E-state index contributed by atoms with van der Waals surface area (Å²) < 4.78 is 7.28. The minimum absolute atomic E-state index is 0.648. The van der Waals surface area contributed by atoms with Gasteiger partial charge in [0.2, 0.25) is 0 Å². The van der Waals surface area contributed by atoms with Gasteiger partial charge in [-0.15, -0.1) is 10.2 Å². The van der Waals surface area contributed by atoms with E-state index in [2.05, 4.69) is 57.9 Å². The first-order valence-electron chi connectivity index (χ1n) is 9.67. The molecule has 4 aromatic rings. The fourth-order valence-electron chi connectivity index (χ4n) is 3.28. The van der Waals surface area contributed by atoms with E-state index in [0.717, 1.165) is 34.5 Å². The van der Waals surface area contributed by atoms with Crippen LogP contribution in [-0.2, 0) is 18.8 Å². The van der Waals surface area contributed by atoms with Crippen LogP contribution >= 0.6 is 23.4 Å². The number of halogens is 1. The zero-order chi connectivity index (χ0) is 20.9. The van der Waals surface area contributed by atoms with E-state index in [1.54, 1.807) is 24.3 Å². The van der Waals surface area contributed by atoms with E-state index in [0.29, 0.717) is 11.6 Å². The first-order chi connectivity index (χ1) is 14.6. The first kappa shape index (κ1) is 20.7. The maximum atomic E-state index is 6.28. The van der Waals surface area contributed by atoms with Gasteiger partial charge in [-0.3, -0.25) is 9.47 Å². The number of aryl methyl sites for hydroxylation is 1. The Bertz CT molecular complexity index is 1110. The van der Waals surface area contributed by atoms with Gasteiger partial charge in [0.25, 0.3) is 0 Å². The van der Waals surface area contributed by atoms with Gasteiger partial charge < -0.3 is 4.42 Å². The van der Waals surface area contributed by atoms with Crippen molar-refractivity contribution in [3.05, 3.63) is 94.7 Å². The van der Waals surface area contributed by atoms with E-state index in [4.69, 9.17) is 16.0 Å². The summed E-state index contributed by atoms with van der Waals surface area (Å²) in [5.74, 6) is 1.70. The molecule has 0 saturated carbocycles. The molecule has 0 spiro atoms. The highest BCUT2D eigenvalue weighted by Gasteiger charge is 2.17. The van der Waals surface area contributed by atoms with Crippen LogP contribution in [0.15, 0.2) is 76.7 Å². The normalized spacial score (nSPS) is 11.3. The van der Waals surface area contributed by atoms with Gasteiger partial charge in [0.1, 0.15) is 0 Å². The summed E-state index contributed by atoms with van der Waals surface area (Å²) in [6.45, 7) is 3.55. The average Bonchev–Trinajstić information content (AvgIpc) is 3.37. The zero-order valence-electron chi connectivity index (χ0n) is 17.0. The Morgan fingerprint density at radius 3 is 2.70 bits per heavy atom. The van der Waals surface area contributed by atoms with Crippen LogP contribution in [0.2, 0.25) is 5.02 Å². The molecule has 4 rings (SSSR count). The Morgan fingerprint density at radius 1 is 1.07 bits per heavy atom. The summed E-state index contributed by atoms with van der Waals surface area (Å²) >= 11 is 7.96. The smallest absolute Gasteiger partial charge is 0.196 e. The van der Waals surface area contributed by atoms with Crippen LogP contribution in [0.3, 0.4) is 0 Å². The molecule has 5 nitrogen and oxygen atoms in total. The van der Waals surface area contributed by atoms with Gasteiger partial charge in [-0.2, -0.15) is 0 Å². The molecule has 0 radical (unpaired) electrons. The fraction of sp³-hybridized carbons (Fsp3) is 0.217. The summed E-state index contributed by atoms with van der Waals surface area (Å²) in [6, 6.07) is 18.2. The lowest BCUT2D eigenvalue weighted by atomic mass is 10.1. The predicted octanol–water partition coefficient (Wildman–Crippen LogP) is 5.75. The number of nitrogens with zero attached hydrogens (tertiary/aromatic N) is 4. The summed E-state index contributed by atoms with van der Waals surface area (Å²) in [6.07, 6.45) is 3.46. The third-order valence-corrected chi connectivity index (χ3v) is 6.04. The third-order valence-electron chi connectivity index (χ3n) is 4.83. The van der Waals surface area contributed by atoms with E-state index in [9.17, 15) is 0 Å². The minimum Gasteiger partial charge on any atom is -0.472 e. The summed E-state index contributed by atoms with van der Waals surface area (Å²) in [4.78, 5) is 2.19. The van der Waals surface area contributed by atoms with Crippen molar-refractivity contribution < 1.29 is 4.42 Å². The quantitative estimate of drug-likeness (QED) is 0.328. The number of aromatic nitrogens is 3. The van der Waals surface area contributed by atoms with E-state index in [1.807, 2.05) is 30.3 Å². The molecular formula is C23H23ClN4OS. The molecule has 0 fully saturated rings. The monoisotopic (exact) mass is 438 g/mol. The van der Waals surface area contributed by atoms with Crippen molar-refractivity contribution in [2.75, 3.05) is 7.05 Å². The number of rotatable bonds is 8.